The Balaban J connectivity index is 2.16. The van der Waals surface area contributed by atoms with Crippen molar-refractivity contribution >= 4 is 17.3 Å². The maximum absolute atomic E-state index is 9.02. The van der Waals surface area contributed by atoms with Gasteiger partial charge < -0.3 is 20.1 Å². The van der Waals surface area contributed by atoms with Gasteiger partial charge >= 0.3 is 0 Å². The molecule has 2 rings (SSSR count). The first-order chi connectivity index (χ1) is 9.28. The summed E-state index contributed by atoms with van der Waals surface area (Å²) in [7, 11) is 1.84. The second-order valence-corrected chi connectivity index (χ2v) is 4.55. The van der Waals surface area contributed by atoms with Crippen molar-refractivity contribution in [3.63, 3.8) is 0 Å². The van der Waals surface area contributed by atoms with E-state index in [1.54, 1.807) is 6.20 Å². The molecule has 0 aliphatic carbocycles. The lowest BCUT2D eigenvalue weighted by Crippen LogP contribution is -2.16. The Kier molecular flexibility index (Phi) is 4.57. The Morgan fingerprint density at radius 1 is 1.47 bits per heavy atom. The number of nitrogens with zero attached hydrogens (tertiary/aromatic N) is 3. The fourth-order valence-electron chi connectivity index (χ4n) is 2.04. The zero-order valence-electron chi connectivity index (χ0n) is 11.4. The van der Waals surface area contributed by atoms with Crippen LogP contribution in [0, 0.1) is 5.92 Å². The molecular formula is C13H21N5O. The number of fused-ring (bicyclic) bond motifs is 1. The summed E-state index contributed by atoms with van der Waals surface area (Å²) >= 11 is 0. The number of aromatic nitrogens is 3. The second-order valence-electron chi connectivity index (χ2n) is 4.55. The van der Waals surface area contributed by atoms with E-state index in [4.69, 9.17) is 5.11 Å². The van der Waals surface area contributed by atoms with Crippen LogP contribution in [-0.2, 0) is 0 Å². The summed E-state index contributed by atoms with van der Waals surface area (Å²) < 4.78 is 1.94. The molecule has 1 atom stereocenters. The van der Waals surface area contributed by atoms with Crippen molar-refractivity contribution in [2.45, 2.75) is 19.8 Å². The lowest BCUT2D eigenvalue weighted by molar-refractivity contribution is 0.258. The summed E-state index contributed by atoms with van der Waals surface area (Å²) in [5.41, 5.74) is 0.817. The lowest BCUT2D eigenvalue weighted by atomic mass is 10.0. The van der Waals surface area contributed by atoms with Crippen LogP contribution in [0.4, 0.5) is 11.6 Å². The van der Waals surface area contributed by atoms with Gasteiger partial charge in [0, 0.05) is 32.6 Å². The minimum absolute atomic E-state index is 0.225. The van der Waals surface area contributed by atoms with E-state index in [2.05, 4.69) is 27.5 Å². The van der Waals surface area contributed by atoms with E-state index < -0.39 is 0 Å². The summed E-state index contributed by atoms with van der Waals surface area (Å²) in [6.07, 6.45) is 7.39. The zero-order chi connectivity index (χ0) is 13.7. The number of hydrogen-bond acceptors (Lipinski definition) is 5. The predicted octanol–water partition coefficient (Wildman–Crippen LogP) is 1.59. The van der Waals surface area contributed by atoms with Crippen LogP contribution in [0.15, 0.2) is 18.6 Å². The van der Waals surface area contributed by atoms with Crippen LogP contribution < -0.4 is 10.6 Å². The summed E-state index contributed by atoms with van der Waals surface area (Å²) in [4.78, 5) is 8.79. The van der Waals surface area contributed by atoms with Crippen LogP contribution in [0.25, 0.3) is 5.65 Å². The Morgan fingerprint density at radius 2 is 2.32 bits per heavy atom. The second kappa shape index (κ2) is 6.38. The number of rotatable bonds is 7. The molecule has 0 aliphatic rings. The van der Waals surface area contributed by atoms with Crippen LogP contribution in [-0.4, -0.2) is 39.7 Å². The van der Waals surface area contributed by atoms with Gasteiger partial charge in [-0.3, -0.25) is 0 Å². The molecule has 3 N–H and O–H groups in total. The molecule has 2 aromatic rings. The Morgan fingerprint density at radius 3 is 3.00 bits per heavy atom. The highest BCUT2D eigenvalue weighted by molar-refractivity contribution is 5.65. The van der Waals surface area contributed by atoms with E-state index >= 15 is 0 Å². The Hall–Kier alpha value is -1.82. The van der Waals surface area contributed by atoms with Crippen molar-refractivity contribution in [3.05, 3.63) is 18.6 Å². The minimum Gasteiger partial charge on any atom is -0.396 e. The van der Waals surface area contributed by atoms with Gasteiger partial charge in [-0.15, -0.1) is 0 Å². The van der Waals surface area contributed by atoms with Crippen LogP contribution in [0.2, 0.25) is 0 Å². The molecule has 1 unspecified atom stereocenters. The molecule has 2 heterocycles. The maximum atomic E-state index is 9.02. The van der Waals surface area contributed by atoms with Gasteiger partial charge in [-0.25, -0.2) is 9.97 Å². The molecule has 0 bridgehead atoms. The SMILES string of the molecule is CCC(CCO)CNc1nc(NC)cn2ccnc12. The molecule has 0 spiro atoms. The van der Waals surface area contributed by atoms with Crippen LogP contribution in [0.5, 0.6) is 0 Å². The third-order valence-electron chi connectivity index (χ3n) is 3.30. The third-order valence-corrected chi connectivity index (χ3v) is 3.30. The minimum atomic E-state index is 0.225. The molecule has 0 aliphatic heterocycles. The van der Waals surface area contributed by atoms with Crippen molar-refractivity contribution in [3.8, 4) is 0 Å². The summed E-state index contributed by atoms with van der Waals surface area (Å²) in [6, 6.07) is 0. The molecule has 104 valence electrons. The van der Waals surface area contributed by atoms with Gasteiger partial charge in [0.2, 0.25) is 0 Å². The quantitative estimate of drug-likeness (QED) is 0.707. The number of aliphatic hydroxyl groups is 1. The molecule has 0 saturated heterocycles. The number of anilines is 2. The standard InChI is InChI=1S/C13H21N5O/c1-3-10(4-7-19)8-16-12-13-15-5-6-18(13)9-11(14-2)17-12/h5-6,9-10,14,19H,3-4,7-8H2,1-2H3,(H,16,17). The summed E-state index contributed by atoms with van der Waals surface area (Å²) in [5, 5.41) is 15.4. The fraction of sp³-hybridized carbons (Fsp3) is 0.538. The first-order valence-corrected chi connectivity index (χ1v) is 6.64. The predicted molar refractivity (Wildman–Crippen MR) is 76.5 cm³/mol. The highest BCUT2D eigenvalue weighted by atomic mass is 16.3. The fourth-order valence-corrected chi connectivity index (χ4v) is 2.04. The molecule has 0 radical (unpaired) electrons. The van der Waals surface area contributed by atoms with E-state index in [0.717, 1.165) is 36.7 Å². The number of imidazole rings is 1. The summed E-state index contributed by atoms with van der Waals surface area (Å²) in [5.74, 6) is 2.01. The van der Waals surface area contributed by atoms with Gasteiger partial charge in [-0.05, 0) is 12.3 Å². The Bertz CT molecular complexity index is 525. The molecule has 6 heteroatoms. The average Bonchev–Trinajstić information content (AvgIpc) is 2.91. The van der Waals surface area contributed by atoms with Gasteiger partial charge in [0.05, 0.1) is 6.20 Å². The highest BCUT2D eigenvalue weighted by Gasteiger charge is 2.10. The number of aliphatic hydroxyl groups excluding tert-OH is 1. The smallest absolute Gasteiger partial charge is 0.180 e. The first kappa shape index (κ1) is 13.6. The van der Waals surface area contributed by atoms with E-state index in [1.165, 1.54) is 0 Å². The maximum Gasteiger partial charge on any atom is 0.180 e. The largest absolute Gasteiger partial charge is 0.396 e. The van der Waals surface area contributed by atoms with E-state index in [-0.39, 0.29) is 6.61 Å². The third kappa shape index (κ3) is 3.14. The van der Waals surface area contributed by atoms with Crippen molar-refractivity contribution in [2.24, 2.45) is 5.92 Å². The first-order valence-electron chi connectivity index (χ1n) is 6.64. The van der Waals surface area contributed by atoms with Crippen molar-refractivity contribution in [2.75, 3.05) is 30.8 Å². The van der Waals surface area contributed by atoms with E-state index in [9.17, 15) is 0 Å². The number of hydrogen-bond donors (Lipinski definition) is 3. The monoisotopic (exact) mass is 263 g/mol. The van der Waals surface area contributed by atoms with Gasteiger partial charge in [-0.2, -0.15) is 0 Å². The topological polar surface area (TPSA) is 74.5 Å². The van der Waals surface area contributed by atoms with Gasteiger partial charge in [0.25, 0.3) is 0 Å². The van der Waals surface area contributed by atoms with Gasteiger partial charge in [0.15, 0.2) is 11.5 Å². The molecule has 0 amide bonds. The number of nitrogens with one attached hydrogen (secondary N) is 2. The molecule has 0 saturated carbocycles. The van der Waals surface area contributed by atoms with Crippen LogP contribution in [0.1, 0.15) is 19.8 Å². The zero-order valence-corrected chi connectivity index (χ0v) is 11.4. The molecule has 19 heavy (non-hydrogen) atoms. The van der Waals surface area contributed by atoms with Crippen molar-refractivity contribution in [1.29, 1.82) is 0 Å². The highest BCUT2D eigenvalue weighted by Crippen LogP contribution is 2.17. The normalized spacial score (nSPS) is 12.6. The Labute approximate surface area is 112 Å². The molecule has 0 fully saturated rings. The molecule has 0 aromatic carbocycles. The molecule has 6 nitrogen and oxygen atoms in total. The average molecular weight is 263 g/mol. The van der Waals surface area contributed by atoms with E-state index in [1.807, 2.05) is 23.8 Å². The van der Waals surface area contributed by atoms with Crippen molar-refractivity contribution in [1.82, 2.24) is 14.4 Å². The van der Waals surface area contributed by atoms with Crippen molar-refractivity contribution < 1.29 is 5.11 Å². The summed E-state index contributed by atoms with van der Waals surface area (Å²) in [6.45, 7) is 3.15. The van der Waals surface area contributed by atoms with E-state index in [0.29, 0.717) is 5.92 Å². The van der Waals surface area contributed by atoms with Crippen LogP contribution >= 0.6 is 0 Å². The van der Waals surface area contributed by atoms with Gasteiger partial charge in [0.1, 0.15) is 5.82 Å². The molecule has 2 aromatic heterocycles. The van der Waals surface area contributed by atoms with Crippen LogP contribution in [0.3, 0.4) is 0 Å². The lowest BCUT2D eigenvalue weighted by Gasteiger charge is -2.15. The van der Waals surface area contributed by atoms with Gasteiger partial charge in [-0.1, -0.05) is 13.3 Å². The molecular weight excluding hydrogens is 242 g/mol.